The van der Waals surface area contributed by atoms with Crippen LogP contribution in [0.3, 0.4) is 0 Å². The molecule has 5 heteroatoms. The highest BCUT2D eigenvalue weighted by Gasteiger charge is 2.43. The second kappa shape index (κ2) is 5.40. The summed E-state index contributed by atoms with van der Waals surface area (Å²) < 4.78 is 0. The Labute approximate surface area is 130 Å². The van der Waals surface area contributed by atoms with Crippen LogP contribution in [0.2, 0.25) is 0 Å². The van der Waals surface area contributed by atoms with Crippen molar-refractivity contribution in [2.24, 2.45) is 0 Å². The van der Waals surface area contributed by atoms with Gasteiger partial charge in [0.1, 0.15) is 11.4 Å². The zero-order chi connectivity index (χ0) is 15.7. The lowest BCUT2D eigenvalue weighted by Gasteiger charge is -2.34. The fourth-order valence-electron chi connectivity index (χ4n) is 3.09. The molecule has 2 aromatic rings. The van der Waals surface area contributed by atoms with Gasteiger partial charge in [-0.05, 0) is 38.8 Å². The molecule has 1 aliphatic rings. The lowest BCUT2D eigenvalue weighted by Crippen LogP contribution is -2.44. The number of nitrogen functional groups attached to an aromatic ring is 1. The number of benzene rings is 1. The minimum atomic E-state index is -0.507. The second-order valence-electron chi connectivity index (χ2n) is 5.96. The number of likely N-dealkylation sites (tertiary alicyclic amines) is 1. The van der Waals surface area contributed by atoms with Crippen molar-refractivity contribution >= 4 is 11.7 Å². The summed E-state index contributed by atoms with van der Waals surface area (Å²) in [5.41, 5.74) is 6.87. The minimum Gasteiger partial charge on any atom is -0.384 e. The predicted molar refractivity (Wildman–Crippen MR) is 85.2 cm³/mol. The average molecular weight is 296 g/mol. The molecule has 2 heterocycles. The zero-order valence-electron chi connectivity index (χ0n) is 12.9. The Balaban J connectivity index is 2.00. The summed E-state index contributed by atoms with van der Waals surface area (Å²) >= 11 is 0. The molecule has 0 saturated carbocycles. The van der Waals surface area contributed by atoms with Crippen LogP contribution in [0.1, 0.15) is 41.6 Å². The first-order valence-corrected chi connectivity index (χ1v) is 7.49. The monoisotopic (exact) mass is 296 g/mol. The number of aryl methyl sites for hydroxylation is 1. The van der Waals surface area contributed by atoms with Gasteiger partial charge < -0.3 is 10.6 Å². The molecule has 114 valence electrons. The van der Waals surface area contributed by atoms with Crippen LogP contribution in [0, 0.1) is 6.92 Å². The first-order valence-electron chi connectivity index (χ1n) is 7.49. The fourth-order valence-corrected chi connectivity index (χ4v) is 3.09. The number of nitrogens with two attached hydrogens (primary N) is 1. The molecular weight excluding hydrogens is 276 g/mol. The highest BCUT2D eigenvalue weighted by atomic mass is 16.2. The van der Waals surface area contributed by atoms with E-state index in [4.69, 9.17) is 5.73 Å². The SMILES string of the molecule is Cc1cc(N)nc(C2(C)CCCN2C(=O)c2ccccc2)n1. The number of rotatable bonds is 2. The first kappa shape index (κ1) is 14.5. The van der Waals surface area contributed by atoms with Gasteiger partial charge in [-0.25, -0.2) is 9.97 Å². The van der Waals surface area contributed by atoms with E-state index < -0.39 is 5.54 Å². The summed E-state index contributed by atoms with van der Waals surface area (Å²) in [4.78, 5) is 23.6. The summed E-state index contributed by atoms with van der Waals surface area (Å²) in [6, 6.07) is 11.1. The third-order valence-electron chi connectivity index (χ3n) is 4.26. The molecule has 0 radical (unpaired) electrons. The number of carbonyl (C=O) groups is 1. The smallest absolute Gasteiger partial charge is 0.254 e. The molecule has 0 spiro atoms. The van der Waals surface area contributed by atoms with Crippen LogP contribution in [0.4, 0.5) is 5.82 Å². The van der Waals surface area contributed by atoms with Crippen LogP contribution in [0.25, 0.3) is 0 Å². The van der Waals surface area contributed by atoms with Crippen LogP contribution in [-0.4, -0.2) is 27.3 Å². The molecule has 0 aliphatic carbocycles. The van der Waals surface area contributed by atoms with Crippen molar-refractivity contribution in [2.75, 3.05) is 12.3 Å². The third kappa shape index (κ3) is 2.43. The van der Waals surface area contributed by atoms with Gasteiger partial charge in [0.05, 0.1) is 0 Å². The topological polar surface area (TPSA) is 72.1 Å². The molecule has 0 bridgehead atoms. The molecule has 5 nitrogen and oxygen atoms in total. The summed E-state index contributed by atoms with van der Waals surface area (Å²) in [5, 5.41) is 0. The Morgan fingerprint density at radius 3 is 2.68 bits per heavy atom. The molecule has 3 rings (SSSR count). The number of aromatic nitrogens is 2. The van der Waals surface area contributed by atoms with E-state index in [2.05, 4.69) is 9.97 Å². The van der Waals surface area contributed by atoms with E-state index in [1.807, 2.05) is 49.1 Å². The molecule has 1 amide bonds. The minimum absolute atomic E-state index is 0.0178. The van der Waals surface area contributed by atoms with Gasteiger partial charge in [0.2, 0.25) is 0 Å². The molecule has 1 aliphatic heterocycles. The maximum Gasteiger partial charge on any atom is 0.254 e. The summed E-state index contributed by atoms with van der Waals surface area (Å²) in [7, 11) is 0. The van der Waals surface area contributed by atoms with Gasteiger partial charge in [0.25, 0.3) is 5.91 Å². The number of hydrogen-bond donors (Lipinski definition) is 1. The molecule has 1 atom stereocenters. The fraction of sp³-hybridized carbons (Fsp3) is 0.353. The van der Waals surface area contributed by atoms with Crippen molar-refractivity contribution in [3.63, 3.8) is 0 Å². The van der Waals surface area contributed by atoms with Crippen LogP contribution in [0.5, 0.6) is 0 Å². The van der Waals surface area contributed by atoms with Crippen LogP contribution < -0.4 is 5.73 Å². The predicted octanol–water partition coefficient (Wildman–Crippen LogP) is 2.52. The van der Waals surface area contributed by atoms with E-state index in [-0.39, 0.29) is 5.91 Å². The molecule has 1 saturated heterocycles. The van der Waals surface area contributed by atoms with Gasteiger partial charge in [-0.1, -0.05) is 18.2 Å². The van der Waals surface area contributed by atoms with Crippen LogP contribution in [0.15, 0.2) is 36.4 Å². The molecule has 1 fully saturated rings. The first-order chi connectivity index (χ1) is 10.5. The van der Waals surface area contributed by atoms with Crippen molar-refractivity contribution in [1.82, 2.24) is 14.9 Å². The Bertz CT molecular complexity index is 681. The average Bonchev–Trinajstić information content (AvgIpc) is 2.90. The van der Waals surface area contributed by atoms with Gasteiger partial charge in [0, 0.05) is 23.9 Å². The molecule has 1 aromatic carbocycles. The Morgan fingerprint density at radius 2 is 2.00 bits per heavy atom. The number of amides is 1. The van der Waals surface area contributed by atoms with Gasteiger partial charge >= 0.3 is 0 Å². The molecule has 22 heavy (non-hydrogen) atoms. The van der Waals surface area contributed by atoms with Crippen molar-refractivity contribution < 1.29 is 4.79 Å². The number of carbonyl (C=O) groups excluding carboxylic acids is 1. The van der Waals surface area contributed by atoms with E-state index in [1.165, 1.54) is 0 Å². The third-order valence-corrected chi connectivity index (χ3v) is 4.26. The lowest BCUT2D eigenvalue weighted by molar-refractivity contribution is 0.0604. The maximum absolute atomic E-state index is 12.8. The van der Waals surface area contributed by atoms with Crippen LogP contribution >= 0.6 is 0 Å². The van der Waals surface area contributed by atoms with E-state index >= 15 is 0 Å². The zero-order valence-corrected chi connectivity index (χ0v) is 12.9. The largest absolute Gasteiger partial charge is 0.384 e. The van der Waals surface area contributed by atoms with Gasteiger partial charge in [-0.3, -0.25) is 4.79 Å². The quantitative estimate of drug-likeness (QED) is 0.924. The van der Waals surface area contributed by atoms with E-state index in [9.17, 15) is 4.79 Å². The van der Waals surface area contributed by atoms with Crippen molar-refractivity contribution in [2.45, 2.75) is 32.2 Å². The van der Waals surface area contributed by atoms with E-state index in [0.717, 1.165) is 18.5 Å². The summed E-state index contributed by atoms with van der Waals surface area (Å²) in [6.45, 7) is 4.62. The highest BCUT2D eigenvalue weighted by molar-refractivity contribution is 5.94. The summed E-state index contributed by atoms with van der Waals surface area (Å²) in [6.07, 6.45) is 1.78. The molecule has 1 unspecified atom stereocenters. The standard InChI is InChI=1S/C17H20N4O/c1-12-11-14(18)20-16(19-12)17(2)9-6-10-21(17)15(22)13-7-4-3-5-8-13/h3-5,7-8,11H,6,9-10H2,1-2H3,(H2,18,19,20). The molecular formula is C17H20N4O. The van der Waals surface area contributed by atoms with Gasteiger partial charge in [0.15, 0.2) is 5.82 Å². The molecule has 2 N–H and O–H groups in total. The van der Waals surface area contributed by atoms with Crippen molar-refractivity contribution in [3.8, 4) is 0 Å². The Hall–Kier alpha value is -2.43. The highest BCUT2D eigenvalue weighted by Crippen LogP contribution is 2.38. The van der Waals surface area contributed by atoms with E-state index in [0.29, 0.717) is 23.8 Å². The number of anilines is 1. The maximum atomic E-state index is 12.8. The second-order valence-corrected chi connectivity index (χ2v) is 5.96. The lowest BCUT2D eigenvalue weighted by atomic mass is 9.96. The Kier molecular flexibility index (Phi) is 3.56. The number of nitrogens with zero attached hydrogens (tertiary/aromatic N) is 3. The molecule has 1 aromatic heterocycles. The van der Waals surface area contributed by atoms with Crippen LogP contribution in [-0.2, 0) is 5.54 Å². The van der Waals surface area contributed by atoms with Crippen molar-refractivity contribution in [3.05, 3.63) is 53.5 Å². The van der Waals surface area contributed by atoms with Crippen molar-refractivity contribution in [1.29, 1.82) is 0 Å². The number of hydrogen-bond acceptors (Lipinski definition) is 4. The normalized spacial score (nSPS) is 21.1. The summed E-state index contributed by atoms with van der Waals surface area (Å²) in [5.74, 6) is 1.10. The van der Waals surface area contributed by atoms with Gasteiger partial charge in [-0.15, -0.1) is 0 Å². The van der Waals surface area contributed by atoms with E-state index in [1.54, 1.807) is 6.07 Å². The van der Waals surface area contributed by atoms with Gasteiger partial charge in [-0.2, -0.15) is 0 Å². The Morgan fingerprint density at radius 1 is 1.27 bits per heavy atom.